The molecule has 0 radical (unpaired) electrons. The number of hydrogen-bond acceptors (Lipinski definition) is 4. The third kappa shape index (κ3) is 4.72. The van der Waals surface area contributed by atoms with Gasteiger partial charge in [0.05, 0.1) is 17.5 Å². The number of hydrogen-bond donors (Lipinski definition) is 3. The standard InChI is InChI=1S/C16H18ClN3O2/c17-8-13(21)11-19-15-6-2-1-5-14(15)16(22)20-10-12-4-3-7-18-9-12/h1-7,9,13,19,21H,8,10-11H2,(H,20,22). The molecule has 2 rings (SSSR count). The number of para-hydroxylation sites is 1. The van der Waals surface area contributed by atoms with E-state index < -0.39 is 6.10 Å². The summed E-state index contributed by atoms with van der Waals surface area (Å²) in [6.45, 7) is 0.696. The number of pyridine rings is 1. The minimum atomic E-state index is -0.659. The molecular formula is C16H18ClN3O2. The van der Waals surface area contributed by atoms with Gasteiger partial charge in [-0.2, -0.15) is 0 Å². The first-order valence-electron chi connectivity index (χ1n) is 6.94. The number of nitrogens with one attached hydrogen (secondary N) is 2. The lowest BCUT2D eigenvalue weighted by atomic mass is 10.1. The van der Waals surface area contributed by atoms with Crippen LogP contribution in [0.4, 0.5) is 5.69 Å². The van der Waals surface area contributed by atoms with Crippen LogP contribution in [0.25, 0.3) is 0 Å². The summed E-state index contributed by atoms with van der Waals surface area (Å²) in [5, 5.41) is 15.4. The monoisotopic (exact) mass is 319 g/mol. The number of aliphatic hydroxyl groups is 1. The molecule has 1 unspecified atom stereocenters. The van der Waals surface area contributed by atoms with Crippen LogP contribution in [0.15, 0.2) is 48.8 Å². The Hall–Kier alpha value is -2.11. The molecule has 0 bridgehead atoms. The maximum absolute atomic E-state index is 12.3. The number of aliphatic hydroxyl groups excluding tert-OH is 1. The van der Waals surface area contributed by atoms with Gasteiger partial charge >= 0.3 is 0 Å². The Morgan fingerprint density at radius 3 is 2.82 bits per heavy atom. The number of benzene rings is 1. The highest BCUT2D eigenvalue weighted by atomic mass is 35.5. The second-order valence-corrected chi connectivity index (χ2v) is 5.09. The zero-order valence-corrected chi connectivity index (χ0v) is 12.8. The van der Waals surface area contributed by atoms with Crippen LogP contribution in [-0.4, -0.2) is 34.5 Å². The Kier molecular flexibility index (Phi) is 6.18. The van der Waals surface area contributed by atoms with Crippen LogP contribution in [-0.2, 0) is 6.54 Å². The highest BCUT2D eigenvalue weighted by Crippen LogP contribution is 2.15. The van der Waals surface area contributed by atoms with Gasteiger partial charge in [0.1, 0.15) is 0 Å². The average Bonchev–Trinajstić information content (AvgIpc) is 2.58. The third-order valence-corrected chi connectivity index (χ3v) is 3.41. The van der Waals surface area contributed by atoms with E-state index in [4.69, 9.17) is 11.6 Å². The van der Waals surface area contributed by atoms with Crippen LogP contribution in [0.5, 0.6) is 0 Å². The van der Waals surface area contributed by atoms with Crippen molar-refractivity contribution in [3.63, 3.8) is 0 Å². The van der Waals surface area contributed by atoms with Crippen LogP contribution >= 0.6 is 11.6 Å². The van der Waals surface area contributed by atoms with E-state index in [-0.39, 0.29) is 18.3 Å². The first-order chi connectivity index (χ1) is 10.7. The maximum atomic E-state index is 12.3. The van der Waals surface area contributed by atoms with E-state index in [9.17, 15) is 9.90 Å². The predicted octanol–water partition coefficient (Wildman–Crippen LogP) is 2.02. The number of carbonyl (C=O) groups excluding carboxylic acids is 1. The molecule has 0 saturated heterocycles. The summed E-state index contributed by atoms with van der Waals surface area (Å²) in [5.41, 5.74) is 2.11. The highest BCUT2D eigenvalue weighted by molar-refractivity contribution is 6.18. The lowest BCUT2D eigenvalue weighted by molar-refractivity contribution is 0.0951. The SMILES string of the molecule is O=C(NCc1cccnc1)c1ccccc1NCC(O)CCl. The van der Waals surface area contributed by atoms with Crippen LogP contribution in [0.2, 0.25) is 0 Å². The number of alkyl halides is 1. The van der Waals surface area contributed by atoms with E-state index in [1.165, 1.54) is 0 Å². The molecular weight excluding hydrogens is 302 g/mol. The van der Waals surface area contributed by atoms with E-state index in [0.717, 1.165) is 5.56 Å². The van der Waals surface area contributed by atoms with E-state index in [2.05, 4.69) is 15.6 Å². The molecule has 1 amide bonds. The Labute approximate surface area is 134 Å². The number of nitrogens with zero attached hydrogens (tertiary/aromatic N) is 1. The number of anilines is 1. The lowest BCUT2D eigenvalue weighted by Crippen LogP contribution is -2.26. The van der Waals surface area contributed by atoms with E-state index >= 15 is 0 Å². The average molecular weight is 320 g/mol. The van der Waals surface area contributed by atoms with Crippen molar-refractivity contribution in [2.75, 3.05) is 17.7 Å². The summed E-state index contributed by atoms with van der Waals surface area (Å²) >= 11 is 5.56. The molecule has 0 fully saturated rings. The lowest BCUT2D eigenvalue weighted by Gasteiger charge is -2.14. The molecule has 0 spiro atoms. The quantitative estimate of drug-likeness (QED) is 0.683. The Morgan fingerprint density at radius 1 is 1.27 bits per heavy atom. The van der Waals surface area contributed by atoms with Crippen molar-refractivity contribution in [3.8, 4) is 0 Å². The van der Waals surface area contributed by atoms with Gasteiger partial charge in [0.15, 0.2) is 0 Å². The van der Waals surface area contributed by atoms with Gasteiger partial charge in [0, 0.05) is 31.2 Å². The normalized spacial score (nSPS) is 11.7. The summed E-state index contributed by atoms with van der Waals surface area (Å²) < 4.78 is 0. The molecule has 2 aromatic rings. The molecule has 5 nitrogen and oxygen atoms in total. The van der Waals surface area contributed by atoms with Crippen molar-refractivity contribution in [3.05, 3.63) is 59.9 Å². The number of amides is 1. The molecule has 0 aliphatic rings. The molecule has 0 aliphatic heterocycles. The summed E-state index contributed by atoms with van der Waals surface area (Å²) in [5.74, 6) is -0.0464. The second-order valence-electron chi connectivity index (χ2n) is 4.78. The maximum Gasteiger partial charge on any atom is 0.253 e. The van der Waals surface area contributed by atoms with Gasteiger partial charge < -0.3 is 15.7 Å². The van der Waals surface area contributed by atoms with Gasteiger partial charge in [-0.15, -0.1) is 11.6 Å². The first-order valence-corrected chi connectivity index (χ1v) is 7.48. The summed E-state index contributed by atoms with van der Waals surface area (Å²) in [6, 6.07) is 10.9. The fourth-order valence-electron chi connectivity index (χ4n) is 1.90. The number of aromatic nitrogens is 1. The van der Waals surface area contributed by atoms with Gasteiger partial charge in [-0.25, -0.2) is 0 Å². The molecule has 1 aromatic heterocycles. The highest BCUT2D eigenvalue weighted by Gasteiger charge is 2.11. The smallest absolute Gasteiger partial charge is 0.253 e. The third-order valence-electron chi connectivity index (χ3n) is 3.05. The minimum Gasteiger partial charge on any atom is -0.390 e. The van der Waals surface area contributed by atoms with Crippen LogP contribution < -0.4 is 10.6 Å². The first kappa shape index (κ1) is 16.3. The number of rotatable bonds is 7. The number of halogens is 1. The van der Waals surface area contributed by atoms with Gasteiger partial charge in [0.2, 0.25) is 0 Å². The minimum absolute atomic E-state index is 0.141. The van der Waals surface area contributed by atoms with E-state index in [0.29, 0.717) is 17.8 Å². The van der Waals surface area contributed by atoms with Gasteiger partial charge in [0.25, 0.3) is 5.91 Å². The summed E-state index contributed by atoms with van der Waals surface area (Å²) in [4.78, 5) is 16.3. The van der Waals surface area contributed by atoms with Crippen LogP contribution in [0, 0.1) is 0 Å². The molecule has 6 heteroatoms. The summed E-state index contributed by atoms with van der Waals surface area (Å²) in [6.07, 6.45) is 2.74. The zero-order chi connectivity index (χ0) is 15.8. The van der Waals surface area contributed by atoms with E-state index in [1.54, 1.807) is 30.6 Å². The van der Waals surface area contributed by atoms with Gasteiger partial charge in [-0.1, -0.05) is 18.2 Å². The fourth-order valence-corrected chi connectivity index (χ4v) is 2.01. The van der Waals surface area contributed by atoms with E-state index in [1.807, 2.05) is 18.2 Å². The van der Waals surface area contributed by atoms with Crippen molar-refractivity contribution in [2.24, 2.45) is 0 Å². The van der Waals surface area contributed by atoms with Gasteiger partial charge in [-0.3, -0.25) is 9.78 Å². The van der Waals surface area contributed by atoms with Gasteiger partial charge in [-0.05, 0) is 23.8 Å². The van der Waals surface area contributed by atoms with Crippen molar-refractivity contribution < 1.29 is 9.90 Å². The Balaban J connectivity index is 1.99. The molecule has 116 valence electrons. The van der Waals surface area contributed by atoms with Crippen molar-refractivity contribution in [1.82, 2.24) is 10.3 Å². The molecule has 3 N–H and O–H groups in total. The molecule has 22 heavy (non-hydrogen) atoms. The van der Waals surface area contributed by atoms with Crippen LogP contribution in [0.3, 0.4) is 0 Å². The van der Waals surface area contributed by atoms with Crippen molar-refractivity contribution in [2.45, 2.75) is 12.6 Å². The molecule has 1 atom stereocenters. The number of carbonyl (C=O) groups is 1. The second kappa shape index (κ2) is 8.36. The summed E-state index contributed by atoms with van der Waals surface area (Å²) in [7, 11) is 0. The van der Waals surface area contributed by atoms with Crippen molar-refractivity contribution >= 4 is 23.2 Å². The topological polar surface area (TPSA) is 74.2 Å². The van der Waals surface area contributed by atoms with Crippen LogP contribution in [0.1, 0.15) is 15.9 Å². The zero-order valence-electron chi connectivity index (χ0n) is 12.0. The largest absolute Gasteiger partial charge is 0.390 e. The Morgan fingerprint density at radius 2 is 2.09 bits per heavy atom. The van der Waals surface area contributed by atoms with Crippen molar-refractivity contribution in [1.29, 1.82) is 0 Å². The molecule has 1 aromatic carbocycles. The predicted molar refractivity (Wildman–Crippen MR) is 87.1 cm³/mol. The fraction of sp³-hybridized carbons (Fsp3) is 0.250. The molecule has 0 saturated carbocycles. The molecule has 0 aliphatic carbocycles. The molecule has 1 heterocycles. The Bertz CT molecular complexity index is 607.